The van der Waals surface area contributed by atoms with Crippen molar-refractivity contribution in [2.24, 2.45) is 11.7 Å². The zero-order valence-electron chi connectivity index (χ0n) is 8.76. The molecule has 0 saturated heterocycles. The molecule has 2 N–H and O–H groups in total. The summed E-state index contributed by atoms with van der Waals surface area (Å²) >= 11 is 5.66. The predicted octanol–water partition coefficient (Wildman–Crippen LogP) is 3.11. The van der Waals surface area contributed by atoms with Crippen LogP contribution < -0.4 is 5.73 Å². The molecule has 15 heavy (non-hydrogen) atoms. The van der Waals surface area contributed by atoms with E-state index < -0.39 is 0 Å². The topological polar surface area (TPSA) is 26.0 Å². The minimum atomic E-state index is -0.352. The van der Waals surface area contributed by atoms with Crippen molar-refractivity contribution in [1.29, 1.82) is 0 Å². The van der Waals surface area contributed by atoms with Gasteiger partial charge in [-0.3, -0.25) is 0 Å². The van der Waals surface area contributed by atoms with Crippen LogP contribution in [0.1, 0.15) is 25.3 Å². The van der Waals surface area contributed by atoms with E-state index in [1.165, 1.54) is 18.9 Å². The second-order valence-corrected chi connectivity index (χ2v) is 4.93. The number of rotatable bonds is 3. The number of nitrogens with two attached hydrogens (primary N) is 1. The molecule has 82 valence electrons. The second-order valence-electron chi connectivity index (χ2n) is 4.52. The lowest BCUT2D eigenvalue weighted by molar-refractivity contribution is 0.418. The van der Waals surface area contributed by atoms with Gasteiger partial charge in [0, 0.05) is 12.0 Å². The third-order valence-electron chi connectivity index (χ3n) is 3.48. The fourth-order valence-corrected chi connectivity index (χ4v) is 2.21. The Bertz CT molecular complexity index is 376. The molecule has 1 aromatic rings. The van der Waals surface area contributed by atoms with Crippen LogP contribution in [-0.2, 0) is 5.41 Å². The zero-order valence-corrected chi connectivity index (χ0v) is 9.52. The first kappa shape index (κ1) is 10.9. The molecular weight excluding hydrogens is 213 g/mol. The Labute approximate surface area is 94.4 Å². The van der Waals surface area contributed by atoms with Crippen molar-refractivity contribution >= 4 is 11.6 Å². The van der Waals surface area contributed by atoms with Gasteiger partial charge >= 0.3 is 0 Å². The largest absolute Gasteiger partial charge is 0.330 e. The smallest absolute Gasteiger partial charge is 0.142 e. The minimum absolute atomic E-state index is 0.0918. The molecule has 1 unspecified atom stereocenters. The van der Waals surface area contributed by atoms with E-state index in [4.69, 9.17) is 17.3 Å². The van der Waals surface area contributed by atoms with Gasteiger partial charge in [-0.15, -0.1) is 0 Å². The molecule has 0 amide bonds. The molecule has 1 nitrogen and oxygen atoms in total. The fourth-order valence-electron chi connectivity index (χ4n) is 2.09. The van der Waals surface area contributed by atoms with Gasteiger partial charge in [0.25, 0.3) is 0 Å². The monoisotopic (exact) mass is 227 g/mol. The Morgan fingerprint density at radius 1 is 1.53 bits per heavy atom. The Morgan fingerprint density at radius 2 is 2.20 bits per heavy atom. The maximum Gasteiger partial charge on any atom is 0.142 e. The Hall–Kier alpha value is -0.600. The molecule has 1 atom stereocenters. The lowest BCUT2D eigenvalue weighted by atomic mass is 9.78. The summed E-state index contributed by atoms with van der Waals surface area (Å²) < 4.78 is 13.4. The molecule has 1 aliphatic rings. The van der Waals surface area contributed by atoms with E-state index in [1.54, 1.807) is 6.07 Å². The molecular formula is C12H15ClFN. The van der Waals surface area contributed by atoms with E-state index in [0.717, 1.165) is 5.56 Å². The summed E-state index contributed by atoms with van der Waals surface area (Å²) in [6.45, 7) is 2.66. The van der Waals surface area contributed by atoms with E-state index in [-0.39, 0.29) is 16.3 Å². The van der Waals surface area contributed by atoms with Crippen LogP contribution in [0.5, 0.6) is 0 Å². The lowest BCUT2D eigenvalue weighted by Crippen LogP contribution is -2.34. The molecule has 0 spiro atoms. The maximum atomic E-state index is 13.4. The van der Waals surface area contributed by atoms with Crippen LogP contribution in [0.15, 0.2) is 18.2 Å². The van der Waals surface area contributed by atoms with Crippen LogP contribution in [0.4, 0.5) is 4.39 Å². The van der Waals surface area contributed by atoms with Crippen molar-refractivity contribution < 1.29 is 4.39 Å². The standard InChI is InChI=1S/C12H15ClFN/c1-12(7-15,8-2-3-8)9-4-5-10(13)11(14)6-9/h4-6,8H,2-3,7,15H2,1H3. The van der Waals surface area contributed by atoms with Crippen molar-refractivity contribution in [3.05, 3.63) is 34.6 Å². The van der Waals surface area contributed by atoms with Gasteiger partial charge in [0.05, 0.1) is 5.02 Å². The van der Waals surface area contributed by atoms with Gasteiger partial charge in [-0.1, -0.05) is 24.6 Å². The first-order chi connectivity index (χ1) is 7.08. The van der Waals surface area contributed by atoms with Crippen molar-refractivity contribution in [3.63, 3.8) is 0 Å². The third kappa shape index (κ3) is 1.88. The summed E-state index contributed by atoms with van der Waals surface area (Å²) in [4.78, 5) is 0. The van der Waals surface area contributed by atoms with Crippen molar-refractivity contribution in [2.45, 2.75) is 25.2 Å². The molecule has 0 heterocycles. The number of hydrogen-bond donors (Lipinski definition) is 1. The molecule has 2 rings (SSSR count). The Kier molecular flexibility index (Phi) is 2.73. The molecule has 0 radical (unpaired) electrons. The van der Waals surface area contributed by atoms with Gasteiger partial charge in [0.1, 0.15) is 5.82 Å². The number of hydrogen-bond acceptors (Lipinski definition) is 1. The molecule has 0 aliphatic heterocycles. The van der Waals surface area contributed by atoms with Crippen LogP contribution in [0.2, 0.25) is 5.02 Å². The van der Waals surface area contributed by atoms with Crippen LogP contribution in [-0.4, -0.2) is 6.54 Å². The normalized spacial score (nSPS) is 20.0. The van der Waals surface area contributed by atoms with Gasteiger partial charge in [-0.2, -0.15) is 0 Å². The number of benzene rings is 1. The summed E-state index contributed by atoms with van der Waals surface area (Å²) in [5, 5.41) is 0.175. The zero-order chi connectivity index (χ0) is 11.1. The Morgan fingerprint density at radius 3 is 2.67 bits per heavy atom. The van der Waals surface area contributed by atoms with Crippen molar-refractivity contribution in [1.82, 2.24) is 0 Å². The van der Waals surface area contributed by atoms with Gasteiger partial charge in [0.15, 0.2) is 0 Å². The van der Waals surface area contributed by atoms with Crippen LogP contribution in [0.3, 0.4) is 0 Å². The fraction of sp³-hybridized carbons (Fsp3) is 0.500. The molecule has 1 fully saturated rings. The van der Waals surface area contributed by atoms with Crippen molar-refractivity contribution in [3.8, 4) is 0 Å². The summed E-state index contributed by atoms with van der Waals surface area (Å²) in [6.07, 6.45) is 2.38. The van der Waals surface area contributed by atoms with E-state index in [2.05, 4.69) is 6.92 Å². The van der Waals surface area contributed by atoms with E-state index in [0.29, 0.717) is 12.5 Å². The van der Waals surface area contributed by atoms with Gasteiger partial charge in [-0.05, 0) is 36.5 Å². The predicted molar refractivity (Wildman–Crippen MR) is 60.5 cm³/mol. The molecule has 3 heteroatoms. The average molecular weight is 228 g/mol. The highest BCUT2D eigenvalue weighted by atomic mass is 35.5. The van der Waals surface area contributed by atoms with Gasteiger partial charge in [0.2, 0.25) is 0 Å². The third-order valence-corrected chi connectivity index (χ3v) is 3.79. The van der Waals surface area contributed by atoms with Crippen LogP contribution >= 0.6 is 11.6 Å². The van der Waals surface area contributed by atoms with Crippen LogP contribution in [0, 0.1) is 11.7 Å². The highest BCUT2D eigenvalue weighted by Gasteiger charge is 2.41. The van der Waals surface area contributed by atoms with Crippen molar-refractivity contribution in [2.75, 3.05) is 6.54 Å². The van der Waals surface area contributed by atoms with E-state index in [1.807, 2.05) is 6.07 Å². The summed E-state index contributed by atoms with van der Waals surface area (Å²) in [5.41, 5.74) is 6.69. The van der Waals surface area contributed by atoms with E-state index in [9.17, 15) is 4.39 Å². The molecule has 0 bridgehead atoms. The minimum Gasteiger partial charge on any atom is -0.330 e. The molecule has 1 saturated carbocycles. The highest BCUT2D eigenvalue weighted by Crippen LogP contribution is 2.46. The average Bonchev–Trinajstić information content (AvgIpc) is 3.04. The first-order valence-corrected chi connectivity index (χ1v) is 5.61. The highest BCUT2D eigenvalue weighted by molar-refractivity contribution is 6.30. The Balaban J connectivity index is 2.38. The second kappa shape index (κ2) is 3.76. The summed E-state index contributed by atoms with van der Waals surface area (Å²) in [7, 11) is 0. The maximum absolute atomic E-state index is 13.4. The number of halogens is 2. The first-order valence-electron chi connectivity index (χ1n) is 5.23. The van der Waals surface area contributed by atoms with Gasteiger partial charge in [-0.25, -0.2) is 4.39 Å². The summed E-state index contributed by atoms with van der Waals surface area (Å²) in [6, 6.07) is 5.02. The van der Waals surface area contributed by atoms with E-state index >= 15 is 0 Å². The molecule has 1 aliphatic carbocycles. The molecule has 1 aromatic carbocycles. The summed E-state index contributed by atoms with van der Waals surface area (Å²) in [5.74, 6) is 0.248. The van der Waals surface area contributed by atoms with Crippen LogP contribution in [0.25, 0.3) is 0 Å². The quantitative estimate of drug-likeness (QED) is 0.844. The van der Waals surface area contributed by atoms with Gasteiger partial charge < -0.3 is 5.73 Å². The molecule has 0 aromatic heterocycles. The lowest BCUT2D eigenvalue weighted by Gasteiger charge is -2.28. The SMILES string of the molecule is CC(CN)(c1ccc(Cl)c(F)c1)C1CC1.